The molecular weight excluding hydrogens is 345 g/mol. The summed E-state index contributed by atoms with van der Waals surface area (Å²) in [6.45, 7) is 0. The molecule has 100 valence electrons. The summed E-state index contributed by atoms with van der Waals surface area (Å²) < 4.78 is 1.08. The molecule has 1 N–H and O–H groups in total. The zero-order chi connectivity index (χ0) is 13.8. The van der Waals surface area contributed by atoms with Crippen LogP contribution in [0.3, 0.4) is 0 Å². The van der Waals surface area contributed by atoms with Crippen molar-refractivity contribution in [1.82, 2.24) is 5.32 Å². The van der Waals surface area contributed by atoms with Crippen LogP contribution in [-0.2, 0) is 6.42 Å². The molecule has 0 aliphatic heterocycles. The summed E-state index contributed by atoms with van der Waals surface area (Å²) in [5, 5.41) is 4.56. The minimum atomic E-state index is 0.212. The standard InChI is InChI=1S/C15H14BrCl2N/c1-19-14(10-5-7-12(16)8-6-10)9-11-3-2-4-13(17)15(11)18/h2-8,14,19H,9H2,1H3. The fourth-order valence-corrected chi connectivity index (χ4v) is 2.67. The molecule has 4 heteroatoms. The summed E-state index contributed by atoms with van der Waals surface area (Å²) in [6.07, 6.45) is 0.803. The Morgan fingerprint density at radius 2 is 1.79 bits per heavy atom. The van der Waals surface area contributed by atoms with Crippen molar-refractivity contribution < 1.29 is 0 Å². The van der Waals surface area contributed by atoms with Crippen LogP contribution in [-0.4, -0.2) is 7.05 Å². The molecule has 0 radical (unpaired) electrons. The van der Waals surface area contributed by atoms with Crippen LogP contribution in [0.25, 0.3) is 0 Å². The fraction of sp³-hybridized carbons (Fsp3) is 0.200. The lowest BCUT2D eigenvalue weighted by Gasteiger charge is -2.18. The van der Waals surface area contributed by atoms with Gasteiger partial charge in [-0.1, -0.05) is 63.4 Å². The maximum Gasteiger partial charge on any atom is 0.0624 e. The molecule has 2 aromatic carbocycles. The van der Waals surface area contributed by atoms with E-state index in [2.05, 4.69) is 33.4 Å². The smallest absolute Gasteiger partial charge is 0.0624 e. The number of hydrogen-bond acceptors (Lipinski definition) is 1. The Balaban J connectivity index is 2.24. The average Bonchev–Trinajstić information content (AvgIpc) is 2.42. The van der Waals surface area contributed by atoms with E-state index in [1.54, 1.807) is 6.07 Å². The van der Waals surface area contributed by atoms with Gasteiger partial charge in [0.25, 0.3) is 0 Å². The maximum absolute atomic E-state index is 6.24. The SMILES string of the molecule is CNC(Cc1cccc(Cl)c1Cl)c1ccc(Br)cc1. The monoisotopic (exact) mass is 357 g/mol. The van der Waals surface area contributed by atoms with Gasteiger partial charge in [-0.3, -0.25) is 0 Å². The molecule has 2 aromatic rings. The third-order valence-electron chi connectivity index (χ3n) is 3.08. The average molecular weight is 359 g/mol. The van der Waals surface area contributed by atoms with Crippen LogP contribution >= 0.6 is 39.1 Å². The third kappa shape index (κ3) is 3.73. The van der Waals surface area contributed by atoms with Crippen molar-refractivity contribution in [2.24, 2.45) is 0 Å². The number of nitrogens with one attached hydrogen (secondary N) is 1. The Hall–Kier alpha value is -0.540. The summed E-state index contributed by atoms with van der Waals surface area (Å²) in [7, 11) is 1.95. The van der Waals surface area contributed by atoms with E-state index in [0.29, 0.717) is 10.0 Å². The second kappa shape index (κ2) is 6.76. The van der Waals surface area contributed by atoms with Crippen LogP contribution in [0.15, 0.2) is 46.9 Å². The highest BCUT2D eigenvalue weighted by atomic mass is 79.9. The molecule has 0 bridgehead atoms. The Labute approximate surface area is 132 Å². The van der Waals surface area contributed by atoms with E-state index in [1.807, 2.05) is 31.3 Å². The van der Waals surface area contributed by atoms with Crippen LogP contribution in [0.5, 0.6) is 0 Å². The lowest BCUT2D eigenvalue weighted by Crippen LogP contribution is -2.18. The molecule has 1 unspecified atom stereocenters. The zero-order valence-corrected chi connectivity index (χ0v) is 13.6. The van der Waals surface area contributed by atoms with Gasteiger partial charge in [0.1, 0.15) is 0 Å². The molecule has 0 fully saturated rings. The third-order valence-corrected chi connectivity index (χ3v) is 4.46. The Morgan fingerprint density at radius 1 is 1.11 bits per heavy atom. The van der Waals surface area contributed by atoms with E-state index in [4.69, 9.17) is 23.2 Å². The lowest BCUT2D eigenvalue weighted by molar-refractivity contribution is 0.592. The first-order chi connectivity index (χ1) is 9.11. The van der Waals surface area contributed by atoms with E-state index in [1.165, 1.54) is 5.56 Å². The van der Waals surface area contributed by atoms with Gasteiger partial charge in [-0.2, -0.15) is 0 Å². The van der Waals surface area contributed by atoms with Gasteiger partial charge in [-0.05, 0) is 42.8 Å². The highest BCUT2D eigenvalue weighted by Crippen LogP contribution is 2.29. The Kier molecular flexibility index (Phi) is 5.28. The second-order valence-electron chi connectivity index (χ2n) is 4.31. The van der Waals surface area contributed by atoms with Crippen molar-refractivity contribution in [2.75, 3.05) is 7.05 Å². The molecule has 0 aliphatic rings. The van der Waals surface area contributed by atoms with Gasteiger partial charge < -0.3 is 5.32 Å². The van der Waals surface area contributed by atoms with Gasteiger partial charge in [-0.15, -0.1) is 0 Å². The van der Waals surface area contributed by atoms with Gasteiger partial charge in [0.05, 0.1) is 10.0 Å². The van der Waals surface area contributed by atoms with E-state index in [9.17, 15) is 0 Å². The molecule has 0 saturated carbocycles. The number of benzene rings is 2. The molecule has 1 nitrogen and oxygen atoms in total. The number of halogens is 3. The molecule has 0 aliphatic carbocycles. The van der Waals surface area contributed by atoms with Crippen LogP contribution in [0.1, 0.15) is 17.2 Å². The van der Waals surface area contributed by atoms with E-state index in [-0.39, 0.29) is 6.04 Å². The van der Waals surface area contributed by atoms with Crippen molar-refractivity contribution in [3.8, 4) is 0 Å². The highest BCUT2D eigenvalue weighted by molar-refractivity contribution is 9.10. The normalized spacial score (nSPS) is 12.4. The summed E-state index contributed by atoms with van der Waals surface area (Å²) in [4.78, 5) is 0. The molecule has 1 atom stereocenters. The fourth-order valence-electron chi connectivity index (χ4n) is 2.01. The number of rotatable bonds is 4. The number of hydrogen-bond donors (Lipinski definition) is 1. The molecule has 0 saturated heterocycles. The second-order valence-corrected chi connectivity index (χ2v) is 6.01. The zero-order valence-electron chi connectivity index (χ0n) is 10.5. The van der Waals surface area contributed by atoms with Crippen LogP contribution in [0.4, 0.5) is 0 Å². The minimum absolute atomic E-state index is 0.212. The molecule has 0 spiro atoms. The number of likely N-dealkylation sites (N-methyl/N-ethyl adjacent to an activating group) is 1. The van der Waals surface area contributed by atoms with Crippen molar-refractivity contribution in [3.05, 3.63) is 68.1 Å². The molecule has 19 heavy (non-hydrogen) atoms. The minimum Gasteiger partial charge on any atom is -0.313 e. The van der Waals surface area contributed by atoms with Crippen molar-refractivity contribution in [2.45, 2.75) is 12.5 Å². The molecule has 0 amide bonds. The summed E-state index contributed by atoms with van der Waals surface area (Å²) in [5.41, 5.74) is 2.28. The van der Waals surface area contributed by atoms with E-state index < -0.39 is 0 Å². The summed E-state index contributed by atoms with van der Waals surface area (Å²) in [5.74, 6) is 0. The van der Waals surface area contributed by atoms with Crippen molar-refractivity contribution in [1.29, 1.82) is 0 Å². The van der Waals surface area contributed by atoms with Gasteiger partial charge in [0, 0.05) is 10.5 Å². The molecular formula is C15H14BrCl2N. The van der Waals surface area contributed by atoms with Crippen LogP contribution in [0, 0.1) is 0 Å². The van der Waals surface area contributed by atoms with Gasteiger partial charge in [-0.25, -0.2) is 0 Å². The van der Waals surface area contributed by atoms with E-state index >= 15 is 0 Å². The van der Waals surface area contributed by atoms with Gasteiger partial charge in [0.2, 0.25) is 0 Å². The first-order valence-corrected chi connectivity index (χ1v) is 7.52. The van der Waals surface area contributed by atoms with Gasteiger partial charge in [0.15, 0.2) is 0 Å². The van der Waals surface area contributed by atoms with Crippen molar-refractivity contribution in [3.63, 3.8) is 0 Å². The van der Waals surface area contributed by atoms with Crippen molar-refractivity contribution >= 4 is 39.1 Å². The predicted molar refractivity (Wildman–Crippen MR) is 86.1 cm³/mol. The lowest BCUT2D eigenvalue weighted by atomic mass is 9.99. The summed E-state index contributed by atoms with van der Waals surface area (Å²) in [6, 6.07) is 14.2. The Bertz CT molecular complexity index is 555. The highest BCUT2D eigenvalue weighted by Gasteiger charge is 2.13. The quantitative estimate of drug-likeness (QED) is 0.786. The van der Waals surface area contributed by atoms with Gasteiger partial charge >= 0.3 is 0 Å². The predicted octanol–water partition coefficient (Wildman–Crippen LogP) is 5.26. The Morgan fingerprint density at radius 3 is 2.42 bits per heavy atom. The van der Waals surface area contributed by atoms with Crippen LogP contribution < -0.4 is 5.32 Å². The first kappa shape index (κ1) is 14.9. The molecule has 2 rings (SSSR count). The van der Waals surface area contributed by atoms with Crippen LogP contribution in [0.2, 0.25) is 10.0 Å². The summed E-state index contributed by atoms with van der Waals surface area (Å²) >= 11 is 15.7. The molecule has 0 heterocycles. The topological polar surface area (TPSA) is 12.0 Å². The largest absolute Gasteiger partial charge is 0.313 e. The van der Waals surface area contributed by atoms with E-state index in [0.717, 1.165) is 16.5 Å². The maximum atomic E-state index is 6.24. The first-order valence-electron chi connectivity index (χ1n) is 5.97. The molecule has 0 aromatic heterocycles.